The summed E-state index contributed by atoms with van der Waals surface area (Å²) in [7, 11) is 0. The van der Waals surface area contributed by atoms with Crippen molar-refractivity contribution in [3.63, 3.8) is 0 Å². The highest BCUT2D eigenvalue weighted by Crippen LogP contribution is 2.30. The third kappa shape index (κ3) is 4.27. The topological polar surface area (TPSA) is 49.3 Å². The summed E-state index contributed by atoms with van der Waals surface area (Å²) in [6.07, 6.45) is 6.69. The van der Waals surface area contributed by atoms with Crippen LogP contribution in [0, 0.1) is 11.8 Å². The van der Waals surface area contributed by atoms with Crippen molar-refractivity contribution in [2.75, 3.05) is 11.9 Å². The Hall–Kier alpha value is -1.51. The van der Waals surface area contributed by atoms with E-state index in [1.54, 1.807) is 12.1 Å². The van der Waals surface area contributed by atoms with Gasteiger partial charge in [0.25, 0.3) is 0 Å². The highest BCUT2D eigenvalue weighted by Gasteiger charge is 2.17. The average Bonchev–Trinajstić information content (AvgIpc) is 2.41. The maximum absolute atomic E-state index is 10.7. The van der Waals surface area contributed by atoms with Crippen molar-refractivity contribution in [3.05, 3.63) is 29.8 Å². The number of hydrogen-bond acceptors (Lipinski definition) is 2. The van der Waals surface area contributed by atoms with E-state index in [0.717, 1.165) is 24.1 Å². The molecular weight excluding hydrogens is 238 g/mol. The van der Waals surface area contributed by atoms with Gasteiger partial charge < -0.3 is 10.4 Å². The second-order valence-electron chi connectivity index (χ2n) is 5.72. The summed E-state index contributed by atoms with van der Waals surface area (Å²) >= 11 is 0. The van der Waals surface area contributed by atoms with Crippen LogP contribution >= 0.6 is 0 Å². The molecule has 0 amide bonds. The highest BCUT2D eigenvalue weighted by atomic mass is 16.4. The molecule has 19 heavy (non-hydrogen) atoms. The third-order valence-corrected chi connectivity index (χ3v) is 4.15. The van der Waals surface area contributed by atoms with Crippen LogP contribution in [-0.2, 0) is 0 Å². The van der Waals surface area contributed by atoms with E-state index in [9.17, 15) is 4.79 Å². The van der Waals surface area contributed by atoms with Crippen LogP contribution < -0.4 is 5.32 Å². The van der Waals surface area contributed by atoms with E-state index < -0.39 is 5.97 Å². The molecule has 0 saturated heterocycles. The number of benzene rings is 1. The van der Waals surface area contributed by atoms with E-state index in [1.165, 1.54) is 32.1 Å². The summed E-state index contributed by atoms with van der Waals surface area (Å²) in [5, 5.41) is 12.2. The van der Waals surface area contributed by atoms with Gasteiger partial charge in [-0.2, -0.15) is 0 Å². The van der Waals surface area contributed by atoms with Gasteiger partial charge in [0.2, 0.25) is 0 Å². The van der Waals surface area contributed by atoms with Crippen molar-refractivity contribution < 1.29 is 9.90 Å². The molecule has 2 rings (SSSR count). The molecule has 0 bridgehead atoms. The lowest BCUT2D eigenvalue weighted by atomic mass is 9.81. The number of carboxylic acids is 1. The lowest BCUT2D eigenvalue weighted by molar-refractivity contribution is 0.0697. The molecular formula is C16H23NO2. The van der Waals surface area contributed by atoms with E-state index >= 15 is 0 Å². The lowest BCUT2D eigenvalue weighted by Crippen LogP contribution is -2.15. The number of nitrogens with one attached hydrogen (secondary N) is 1. The van der Waals surface area contributed by atoms with Gasteiger partial charge in [-0.3, -0.25) is 0 Å². The van der Waals surface area contributed by atoms with Gasteiger partial charge in [-0.25, -0.2) is 4.79 Å². The van der Waals surface area contributed by atoms with E-state index in [0.29, 0.717) is 5.56 Å². The predicted octanol–water partition coefficient (Wildman–Crippen LogP) is 4.01. The van der Waals surface area contributed by atoms with Crippen molar-refractivity contribution in [1.82, 2.24) is 0 Å². The highest BCUT2D eigenvalue weighted by molar-refractivity contribution is 5.87. The minimum atomic E-state index is -0.872. The second kappa shape index (κ2) is 6.60. The number of anilines is 1. The summed E-state index contributed by atoms with van der Waals surface area (Å²) in [5.74, 6) is 0.901. The maximum Gasteiger partial charge on any atom is 0.335 e. The quantitative estimate of drug-likeness (QED) is 0.841. The minimum Gasteiger partial charge on any atom is -0.478 e. The van der Waals surface area contributed by atoms with E-state index in [-0.39, 0.29) is 0 Å². The fraction of sp³-hybridized carbons (Fsp3) is 0.562. The Kier molecular flexibility index (Phi) is 4.83. The zero-order valence-electron chi connectivity index (χ0n) is 11.6. The molecule has 1 saturated carbocycles. The summed E-state index contributed by atoms with van der Waals surface area (Å²) in [6, 6.07) is 6.97. The van der Waals surface area contributed by atoms with Gasteiger partial charge in [-0.15, -0.1) is 0 Å². The molecule has 104 valence electrons. The Bertz CT molecular complexity index is 405. The van der Waals surface area contributed by atoms with Crippen LogP contribution in [-0.4, -0.2) is 17.6 Å². The molecule has 1 fully saturated rings. The van der Waals surface area contributed by atoms with Crippen molar-refractivity contribution in [2.45, 2.75) is 39.0 Å². The van der Waals surface area contributed by atoms with Crippen LogP contribution in [0.15, 0.2) is 24.3 Å². The Balaban J connectivity index is 1.72. The Labute approximate surface area is 115 Å². The monoisotopic (exact) mass is 261 g/mol. The number of carboxylic acid groups (broad SMARTS) is 1. The van der Waals surface area contributed by atoms with Crippen molar-refractivity contribution in [3.8, 4) is 0 Å². The molecule has 0 spiro atoms. The smallest absolute Gasteiger partial charge is 0.335 e. The molecule has 0 atom stereocenters. The largest absolute Gasteiger partial charge is 0.478 e. The molecule has 0 aliphatic heterocycles. The first-order chi connectivity index (χ1) is 9.15. The molecule has 3 nitrogen and oxygen atoms in total. The number of aromatic carboxylic acids is 1. The van der Waals surface area contributed by atoms with Crippen LogP contribution in [0.1, 0.15) is 49.4 Å². The van der Waals surface area contributed by atoms with Crippen LogP contribution in [0.4, 0.5) is 5.69 Å². The van der Waals surface area contributed by atoms with E-state index in [4.69, 9.17) is 5.11 Å². The van der Waals surface area contributed by atoms with Crippen LogP contribution in [0.3, 0.4) is 0 Å². The van der Waals surface area contributed by atoms with Gasteiger partial charge in [-0.1, -0.05) is 32.6 Å². The van der Waals surface area contributed by atoms with Crippen LogP contribution in [0.2, 0.25) is 0 Å². The fourth-order valence-corrected chi connectivity index (χ4v) is 2.77. The van der Waals surface area contributed by atoms with Gasteiger partial charge in [0.15, 0.2) is 0 Å². The SMILES string of the molecule is CC1CCC(CCNc2ccc(C(=O)O)cc2)CC1. The molecule has 0 aromatic heterocycles. The van der Waals surface area contributed by atoms with Crippen molar-refractivity contribution in [1.29, 1.82) is 0 Å². The van der Waals surface area contributed by atoms with Gasteiger partial charge in [0.1, 0.15) is 0 Å². The summed E-state index contributed by atoms with van der Waals surface area (Å²) < 4.78 is 0. The van der Waals surface area contributed by atoms with Crippen LogP contribution in [0.5, 0.6) is 0 Å². The fourth-order valence-electron chi connectivity index (χ4n) is 2.77. The standard InChI is InChI=1S/C16H23NO2/c1-12-2-4-13(5-3-12)10-11-17-15-8-6-14(7-9-15)16(18)19/h6-9,12-13,17H,2-5,10-11H2,1H3,(H,18,19). The average molecular weight is 261 g/mol. The molecule has 1 aromatic rings. The molecule has 1 aromatic carbocycles. The molecule has 0 unspecified atom stereocenters. The van der Waals surface area contributed by atoms with Crippen molar-refractivity contribution in [2.24, 2.45) is 11.8 Å². The van der Waals surface area contributed by atoms with Gasteiger partial charge >= 0.3 is 5.97 Å². The van der Waals surface area contributed by atoms with Gasteiger partial charge in [-0.05, 0) is 42.5 Å². The van der Waals surface area contributed by atoms with Gasteiger partial charge in [0.05, 0.1) is 5.56 Å². The lowest BCUT2D eigenvalue weighted by Gasteiger charge is -2.26. The maximum atomic E-state index is 10.7. The number of carbonyl (C=O) groups is 1. The Morgan fingerprint density at radius 2 is 1.84 bits per heavy atom. The zero-order valence-corrected chi connectivity index (χ0v) is 11.6. The first-order valence-electron chi connectivity index (χ1n) is 7.22. The first-order valence-corrected chi connectivity index (χ1v) is 7.22. The van der Waals surface area contributed by atoms with E-state index in [1.807, 2.05) is 12.1 Å². The molecule has 0 heterocycles. The molecule has 1 aliphatic carbocycles. The molecule has 1 aliphatic rings. The van der Waals surface area contributed by atoms with Crippen molar-refractivity contribution >= 4 is 11.7 Å². The number of hydrogen-bond donors (Lipinski definition) is 2. The molecule has 3 heteroatoms. The Morgan fingerprint density at radius 1 is 1.21 bits per heavy atom. The summed E-state index contributed by atoms with van der Waals surface area (Å²) in [4.78, 5) is 10.7. The normalized spacial score (nSPS) is 23.0. The van der Waals surface area contributed by atoms with Gasteiger partial charge in [0, 0.05) is 12.2 Å². The summed E-state index contributed by atoms with van der Waals surface area (Å²) in [5.41, 5.74) is 1.35. The zero-order chi connectivity index (χ0) is 13.7. The Morgan fingerprint density at radius 3 is 2.42 bits per heavy atom. The summed E-state index contributed by atoms with van der Waals surface area (Å²) in [6.45, 7) is 3.32. The van der Waals surface area contributed by atoms with Crippen LogP contribution in [0.25, 0.3) is 0 Å². The first kappa shape index (κ1) is 13.9. The van der Waals surface area contributed by atoms with E-state index in [2.05, 4.69) is 12.2 Å². The number of rotatable bonds is 5. The molecule has 2 N–H and O–H groups in total. The second-order valence-corrected chi connectivity index (χ2v) is 5.72. The third-order valence-electron chi connectivity index (χ3n) is 4.15. The predicted molar refractivity (Wildman–Crippen MR) is 77.6 cm³/mol. The molecule has 0 radical (unpaired) electrons. The minimum absolute atomic E-state index is 0.340.